The van der Waals surface area contributed by atoms with E-state index < -0.39 is 0 Å². The first kappa shape index (κ1) is 13.5. The van der Waals surface area contributed by atoms with E-state index in [0.717, 1.165) is 6.42 Å². The zero-order valence-corrected chi connectivity index (χ0v) is 11.4. The molecule has 100 valence electrons. The molecule has 0 bridgehead atoms. The molecular weight excluding hydrogens is 228 g/mol. The van der Waals surface area contributed by atoms with Crippen molar-refractivity contribution < 1.29 is 14.2 Å². The predicted molar refractivity (Wildman–Crippen MR) is 70.2 cm³/mol. The summed E-state index contributed by atoms with van der Waals surface area (Å²) in [5.41, 5.74) is 1.30. The van der Waals surface area contributed by atoms with Gasteiger partial charge < -0.3 is 14.2 Å². The molecule has 1 fully saturated rings. The Morgan fingerprint density at radius 3 is 2.61 bits per heavy atom. The van der Waals surface area contributed by atoms with Crippen LogP contribution in [0.2, 0.25) is 0 Å². The quantitative estimate of drug-likeness (QED) is 0.804. The zero-order chi connectivity index (χ0) is 13.0. The van der Waals surface area contributed by atoms with Gasteiger partial charge in [0.05, 0.1) is 19.3 Å². The second-order valence-electron chi connectivity index (χ2n) is 5.48. The first-order valence-electron chi connectivity index (χ1n) is 6.42. The van der Waals surface area contributed by atoms with Gasteiger partial charge in [-0.25, -0.2) is 0 Å². The van der Waals surface area contributed by atoms with Crippen molar-refractivity contribution >= 4 is 0 Å². The first-order valence-corrected chi connectivity index (χ1v) is 6.42. The molecule has 1 aromatic carbocycles. The molecule has 1 heterocycles. The Balaban J connectivity index is 1.80. The molecule has 1 aromatic rings. The van der Waals surface area contributed by atoms with E-state index in [1.807, 2.05) is 18.2 Å². The van der Waals surface area contributed by atoms with Gasteiger partial charge in [-0.2, -0.15) is 0 Å². The van der Waals surface area contributed by atoms with Crippen molar-refractivity contribution in [2.75, 3.05) is 13.7 Å². The van der Waals surface area contributed by atoms with Crippen LogP contribution < -0.4 is 0 Å². The average molecular weight is 250 g/mol. The van der Waals surface area contributed by atoms with E-state index in [1.54, 1.807) is 7.11 Å². The number of benzene rings is 1. The largest absolute Gasteiger partial charge is 0.374 e. The van der Waals surface area contributed by atoms with Crippen LogP contribution in [0.5, 0.6) is 0 Å². The van der Waals surface area contributed by atoms with Crippen molar-refractivity contribution in [3.8, 4) is 0 Å². The third kappa shape index (κ3) is 3.31. The van der Waals surface area contributed by atoms with Crippen LogP contribution in [-0.2, 0) is 20.8 Å². The molecule has 0 aliphatic carbocycles. The van der Waals surface area contributed by atoms with E-state index in [1.165, 1.54) is 5.56 Å². The van der Waals surface area contributed by atoms with Gasteiger partial charge in [0.25, 0.3) is 0 Å². The van der Waals surface area contributed by atoms with Crippen LogP contribution in [0.15, 0.2) is 30.3 Å². The Labute approximate surface area is 109 Å². The Morgan fingerprint density at radius 1 is 1.28 bits per heavy atom. The SMILES string of the molecule is COC1CC(C)(C)C(COCc2ccccc2)O1. The minimum Gasteiger partial charge on any atom is -0.374 e. The van der Waals surface area contributed by atoms with Gasteiger partial charge in [0.1, 0.15) is 0 Å². The average Bonchev–Trinajstić information content (AvgIpc) is 2.66. The maximum atomic E-state index is 5.82. The minimum absolute atomic E-state index is 0.0923. The van der Waals surface area contributed by atoms with Gasteiger partial charge in [-0.1, -0.05) is 44.2 Å². The van der Waals surface area contributed by atoms with E-state index in [4.69, 9.17) is 14.2 Å². The van der Waals surface area contributed by atoms with Crippen molar-refractivity contribution in [1.29, 1.82) is 0 Å². The molecule has 0 N–H and O–H groups in total. The van der Waals surface area contributed by atoms with E-state index in [2.05, 4.69) is 26.0 Å². The third-order valence-electron chi connectivity index (χ3n) is 3.52. The highest BCUT2D eigenvalue weighted by Crippen LogP contribution is 2.38. The lowest BCUT2D eigenvalue weighted by molar-refractivity contribution is -0.134. The summed E-state index contributed by atoms with van der Waals surface area (Å²) >= 11 is 0. The third-order valence-corrected chi connectivity index (χ3v) is 3.52. The molecule has 1 aliphatic heterocycles. The monoisotopic (exact) mass is 250 g/mol. The van der Waals surface area contributed by atoms with Crippen LogP contribution in [0, 0.1) is 5.41 Å². The van der Waals surface area contributed by atoms with Crippen LogP contribution in [0.1, 0.15) is 25.8 Å². The number of ether oxygens (including phenoxy) is 3. The number of methoxy groups -OCH3 is 1. The normalized spacial score (nSPS) is 26.4. The van der Waals surface area contributed by atoms with E-state index >= 15 is 0 Å². The van der Waals surface area contributed by atoms with Crippen LogP contribution in [0.4, 0.5) is 0 Å². The fourth-order valence-electron chi connectivity index (χ4n) is 2.24. The lowest BCUT2D eigenvalue weighted by atomic mass is 9.86. The van der Waals surface area contributed by atoms with E-state index in [0.29, 0.717) is 13.2 Å². The second-order valence-corrected chi connectivity index (χ2v) is 5.48. The molecular formula is C15H22O3. The molecule has 18 heavy (non-hydrogen) atoms. The number of rotatable bonds is 5. The number of hydrogen-bond acceptors (Lipinski definition) is 3. The van der Waals surface area contributed by atoms with Crippen LogP contribution in [-0.4, -0.2) is 26.1 Å². The summed E-state index contributed by atoms with van der Waals surface area (Å²) in [6.45, 7) is 5.64. The molecule has 0 saturated carbocycles. The Morgan fingerprint density at radius 2 is 2.00 bits per heavy atom. The summed E-state index contributed by atoms with van der Waals surface area (Å²) in [4.78, 5) is 0. The first-order chi connectivity index (χ1) is 8.62. The molecule has 2 unspecified atom stereocenters. The lowest BCUT2D eigenvalue weighted by Gasteiger charge is -2.24. The summed E-state index contributed by atoms with van der Waals surface area (Å²) in [5, 5.41) is 0. The standard InChI is InChI=1S/C15H22O3/c1-15(2)9-14(16-3)18-13(15)11-17-10-12-7-5-4-6-8-12/h4-8,13-14H,9-11H2,1-3H3. The predicted octanol–water partition coefficient (Wildman–Crippen LogP) is 2.99. The topological polar surface area (TPSA) is 27.7 Å². The smallest absolute Gasteiger partial charge is 0.158 e. The lowest BCUT2D eigenvalue weighted by Crippen LogP contribution is -2.29. The van der Waals surface area contributed by atoms with Crippen LogP contribution in [0.25, 0.3) is 0 Å². The molecule has 0 radical (unpaired) electrons. The summed E-state index contributed by atoms with van der Waals surface area (Å²) in [5.74, 6) is 0. The highest BCUT2D eigenvalue weighted by Gasteiger charge is 2.41. The fraction of sp³-hybridized carbons (Fsp3) is 0.600. The maximum Gasteiger partial charge on any atom is 0.158 e. The highest BCUT2D eigenvalue weighted by molar-refractivity contribution is 5.13. The molecule has 2 atom stereocenters. The van der Waals surface area contributed by atoms with Gasteiger partial charge >= 0.3 is 0 Å². The Kier molecular flexibility index (Phi) is 4.38. The van der Waals surface area contributed by atoms with E-state index in [9.17, 15) is 0 Å². The highest BCUT2D eigenvalue weighted by atomic mass is 16.7. The van der Waals surface area contributed by atoms with Gasteiger partial charge in [0, 0.05) is 13.5 Å². The zero-order valence-electron chi connectivity index (χ0n) is 11.4. The van der Waals surface area contributed by atoms with Crippen molar-refractivity contribution in [2.45, 2.75) is 39.3 Å². The Bertz CT molecular complexity index is 361. The molecule has 0 amide bonds. The Hall–Kier alpha value is -0.900. The van der Waals surface area contributed by atoms with Gasteiger partial charge in [-0.3, -0.25) is 0 Å². The van der Waals surface area contributed by atoms with Gasteiger partial charge in [0.15, 0.2) is 6.29 Å². The summed E-state index contributed by atoms with van der Waals surface area (Å²) < 4.78 is 16.8. The molecule has 0 spiro atoms. The van der Waals surface area contributed by atoms with Crippen molar-refractivity contribution in [2.24, 2.45) is 5.41 Å². The molecule has 2 rings (SSSR count). The minimum atomic E-state index is -0.0923. The van der Waals surface area contributed by atoms with E-state index in [-0.39, 0.29) is 17.8 Å². The van der Waals surface area contributed by atoms with Gasteiger partial charge in [0.2, 0.25) is 0 Å². The molecule has 1 aliphatic rings. The van der Waals surface area contributed by atoms with Crippen molar-refractivity contribution in [1.82, 2.24) is 0 Å². The molecule has 3 heteroatoms. The van der Waals surface area contributed by atoms with Crippen molar-refractivity contribution in [3.63, 3.8) is 0 Å². The number of hydrogen-bond donors (Lipinski definition) is 0. The summed E-state index contributed by atoms with van der Waals surface area (Å²) in [6, 6.07) is 10.2. The van der Waals surface area contributed by atoms with Gasteiger partial charge in [-0.05, 0) is 11.0 Å². The fourth-order valence-corrected chi connectivity index (χ4v) is 2.24. The summed E-state index contributed by atoms with van der Waals surface area (Å²) in [6.07, 6.45) is 0.930. The second kappa shape index (κ2) is 5.83. The van der Waals surface area contributed by atoms with Crippen molar-refractivity contribution in [3.05, 3.63) is 35.9 Å². The van der Waals surface area contributed by atoms with Crippen LogP contribution >= 0.6 is 0 Å². The van der Waals surface area contributed by atoms with Crippen LogP contribution in [0.3, 0.4) is 0 Å². The summed E-state index contributed by atoms with van der Waals surface area (Å²) in [7, 11) is 1.69. The van der Waals surface area contributed by atoms with Gasteiger partial charge in [-0.15, -0.1) is 0 Å². The molecule has 0 aromatic heterocycles. The molecule has 1 saturated heterocycles. The molecule has 3 nitrogen and oxygen atoms in total. The maximum absolute atomic E-state index is 5.82.